The van der Waals surface area contributed by atoms with Crippen molar-refractivity contribution in [2.75, 3.05) is 13.7 Å². The second-order valence-corrected chi connectivity index (χ2v) is 7.47. The number of likely N-dealkylation sites (N-methyl/N-ethyl adjacent to an activating group) is 1. The molecule has 3 rings (SSSR count). The van der Waals surface area contributed by atoms with Gasteiger partial charge in [0.15, 0.2) is 6.61 Å². The van der Waals surface area contributed by atoms with Crippen molar-refractivity contribution in [3.8, 4) is 5.75 Å². The molecule has 0 saturated carbocycles. The van der Waals surface area contributed by atoms with E-state index in [2.05, 4.69) is 4.98 Å². The predicted molar refractivity (Wildman–Crippen MR) is 103 cm³/mol. The number of benzene rings is 2. The lowest BCUT2D eigenvalue weighted by Crippen LogP contribution is -2.33. The first-order valence-electron chi connectivity index (χ1n) is 7.64. The number of para-hydroxylation sites is 1. The highest BCUT2D eigenvalue weighted by molar-refractivity contribution is 7.18. The highest BCUT2D eigenvalue weighted by atomic mass is 35.5. The third kappa shape index (κ3) is 4.06. The molecule has 0 aliphatic carbocycles. The van der Waals surface area contributed by atoms with E-state index in [1.54, 1.807) is 41.5 Å². The molecule has 1 atom stereocenters. The molecule has 1 heterocycles. The number of hydrogen-bond donors (Lipinski definition) is 0. The van der Waals surface area contributed by atoms with Crippen molar-refractivity contribution in [2.45, 2.75) is 13.0 Å². The predicted octanol–water partition coefficient (Wildman–Crippen LogP) is 5.20. The number of ether oxygens (including phenoxy) is 1. The molecule has 7 heteroatoms. The molecule has 0 unspecified atom stereocenters. The van der Waals surface area contributed by atoms with E-state index in [0.29, 0.717) is 15.8 Å². The summed E-state index contributed by atoms with van der Waals surface area (Å²) in [7, 11) is 1.74. The number of carbonyl (C=O) groups is 1. The smallest absolute Gasteiger partial charge is 0.260 e. The SMILES string of the molecule is C[C@H](c1nc2ccccc2s1)N(C)C(=O)COc1ccc(Cl)cc1Cl. The molecule has 4 nitrogen and oxygen atoms in total. The zero-order valence-electron chi connectivity index (χ0n) is 13.7. The van der Waals surface area contributed by atoms with Crippen molar-refractivity contribution in [1.29, 1.82) is 0 Å². The molecule has 2 aromatic carbocycles. The number of aromatic nitrogens is 1. The number of thiazole rings is 1. The summed E-state index contributed by atoms with van der Waals surface area (Å²) < 4.78 is 6.63. The number of amides is 1. The van der Waals surface area contributed by atoms with Gasteiger partial charge in [0.05, 0.1) is 21.3 Å². The Hall–Kier alpha value is -1.82. The van der Waals surface area contributed by atoms with Gasteiger partial charge in [-0.25, -0.2) is 4.98 Å². The zero-order chi connectivity index (χ0) is 18.0. The molecular weight excluding hydrogens is 379 g/mol. The lowest BCUT2D eigenvalue weighted by molar-refractivity contribution is -0.134. The Bertz CT molecular complexity index is 880. The minimum Gasteiger partial charge on any atom is -0.482 e. The number of carbonyl (C=O) groups excluding carboxylic acids is 1. The first kappa shape index (κ1) is 18.0. The highest BCUT2D eigenvalue weighted by Crippen LogP contribution is 2.30. The molecule has 0 aliphatic heterocycles. The molecule has 0 saturated heterocycles. The summed E-state index contributed by atoms with van der Waals surface area (Å²) in [5, 5.41) is 1.79. The molecule has 0 fully saturated rings. The van der Waals surface area contributed by atoms with Crippen LogP contribution in [0, 0.1) is 0 Å². The Labute approximate surface area is 159 Å². The number of halogens is 2. The molecule has 130 valence electrons. The van der Waals surface area contributed by atoms with Crippen LogP contribution in [0.15, 0.2) is 42.5 Å². The first-order chi connectivity index (χ1) is 12.0. The van der Waals surface area contributed by atoms with Crippen LogP contribution in [0.1, 0.15) is 18.0 Å². The third-order valence-corrected chi connectivity index (χ3v) is 5.62. The third-order valence-electron chi connectivity index (χ3n) is 3.89. The normalized spacial score (nSPS) is 12.2. The van der Waals surface area contributed by atoms with Gasteiger partial charge >= 0.3 is 0 Å². The average molecular weight is 395 g/mol. The van der Waals surface area contributed by atoms with Crippen LogP contribution in [0.25, 0.3) is 10.2 Å². The van der Waals surface area contributed by atoms with Crippen LogP contribution in [0.5, 0.6) is 5.75 Å². The van der Waals surface area contributed by atoms with Crippen LogP contribution < -0.4 is 4.74 Å². The van der Waals surface area contributed by atoms with Gasteiger partial charge in [-0.15, -0.1) is 11.3 Å². The fourth-order valence-electron chi connectivity index (χ4n) is 2.28. The van der Waals surface area contributed by atoms with Crippen molar-refractivity contribution >= 4 is 50.7 Å². The molecule has 1 aromatic heterocycles. The molecule has 3 aromatic rings. The summed E-state index contributed by atoms with van der Waals surface area (Å²) in [5.41, 5.74) is 0.944. The van der Waals surface area contributed by atoms with Gasteiger partial charge in [-0.3, -0.25) is 4.79 Å². The highest BCUT2D eigenvalue weighted by Gasteiger charge is 2.21. The van der Waals surface area contributed by atoms with Crippen LogP contribution in [-0.2, 0) is 4.79 Å². The number of hydrogen-bond acceptors (Lipinski definition) is 4. The number of nitrogens with zero attached hydrogens (tertiary/aromatic N) is 2. The molecule has 0 spiro atoms. The Kier molecular flexibility index (Phi) is 5.47. The molecular formula is C18H16Cl2N2O2S. The van der Waals surface area contributed by atoms with E-state index in [1.165, 1.54) is 0 Å². The summed E-state index contributed by atoms with van der Waals surface area (Å²) in [6.07, 6.45) is 0. The van der Waals surface area contributed by atoms with Gasteiger partial charge < -0.3 is 9.64 Å². The standard InChI is InChI=1S/C18H16Cl2N2O2S/c1-11(18-21-14-5-3-4-6-16(14)25-18)22(2)17(23)10-24-15-8-7-12(19)9-13(15)20/h3-9,11H,10H2,1-2H3/t11-/m1/s1. The van der Waals surface area contributed by atoms with Crippen LogP contribution >= 0.6 is 34.5 Å². The van der Waals surface area contributed by atoms with Crippen LogP contribution in [0.2, 0.25) is 10.0 Å². The molecule has 25 heavy (non-hydrogen) atoms. The Morgan fingerprint density at radius 3 is 2.76 bits per heavy atom. The van der Waals surface area contributed by atoms with Crippen LogP contribution in [-0.4, -0.2) is 29.4 Å². The van der Waals surface area contributed by atoms with Gasteiger partial charge in [0.25, 0.3) is 5.91 Å². The summed E-state index contributed by atoms with van der Waals surface area (Å²) in [5.74, 6) is 0.276. The van der Waals surface area contributed by atoms with Gasteiger partial charge in [-0.1, -0.05) is 35.3 Å². The van der Waals surface area contributed by atoms with E-state index in [4.69, 9.17) is 27.9 Å². The topological polar surface area (TPSA) is 42.4 Å². The summed E-state index contributed by atoms with van der Waals surface area (Å²) in [6, 6.07) is 12.7. The van der Waals surface area contributed by atoms with E-state index in [0.717, 1.165) is 15.2 Å². The maximum atomic E-state index is 12.4. The zero-order valence-corrected chi connectivity index (χ0v) is 16.0. The Morgan fingerprint density at radius 2 is 2.04 bits per heavy atom. The van der Waals surface area contributed by atoms with Crippen LogP contribution in [0.3, 0.4) is 0 Å². The monoisotopic (exact) mass is 394 g/mol. The van der Waals surface area contributed by atoms with E-state index in [1.807, 2.05) is 31.2 Å². The largest absolute Gasteiger partial charge is 0.482 e. The fourth-order valence-corrected chi connectivity index (χ4v) is 3.81. The second-order valence-electron chi connectivity index (χ2n) is 5.56. The maximum Gasteiger partial charge on any atom is 0.260 e. The van der Waals surface area contributed by atoms with Crippen molar-refractivity contribution in [3.05, 3.63) is 57.5 Å². The van der Waals surface area contributed by atoms with E-state index >= 15 is 0 Å². The van der Waals surface area contributed by atoms with E-state index in [9.17, 15) is 4.79 Å². The quantitative estimate of drug-likeness (QED) is 0.596. The minimum absolute atomic E-state index is 0.104. The lowest BCUT2D eigenvalue weighted by Gasteiger charge is -2.23. The molecule has 0 bridgehead atoms. The van der Waals surface area contributed by atoms with Crippen LogP contribution in [0.4, 0.5) is 0 Å². The first-order valence-corrected chi connectivity index (χ1v) is 9.22. The van der Waals surface area contributed by atoms with Gasteiger partial charge in [0.1, 0.15) is 10.8 Å². The number of fused-ring (bicyclic) bond motifs is 1. The molecule has 0 aliphatic rings. The van der Waals surface area contributed by atoms with E-state index < -0.39 is 0 Å². The summed E-state index contributed by atoms with van der Waals surface area (Å²) in [4.78, 5) is 18.7. The van der Waals surface area contributed by atoms with Gasteiger partial charge in [0.2, 0.25) is 0 Å². The molecule has 1 amide bonds. The second kappa shape index (κ2) is 7.60. The fraction of sp³-hybridized carbons (Fsp3) is 0.222. The number of rotatable bonds is 5. The maximum absolute atomic E-state index is 12.4. The molecule has 0 N–H and O–H groups in total. The minimum atomic E-state index is -0.155. The van der Waals surface area contributed by atoms with Crippen molar-refractivity contribution in [1.82, 2.24) is 9.88 Å². The lowest BCUT2D eigenvalue weighted by atomic mass is 10.3. The van der Waals surface area contributed by atoms with Gasteiger partial charge in [0, 0.05) is 12.1 Å². The summed E-state index contributed by atoms with van der Waals surface area (Å²) >= 11 is 13.5. The Balaban J connectivity index is 1.66. The van der Waals surface area contributed by atoms with Gasteiger partial charge in [-0.2, -0.15) is 0 Å². The van der Waals surface area contributed by atoms with Crippen molar-refractivity contribution in [3.63, 3.8) is 0 Å². The van der Waals surface area contributed by atoms with Crippen molar-refractivity contribution < 1.29 is 9.53 Å². The Morgan fingerprint density at radius 1 is 1.28 bits per heavy atom. The average Bonchev–Trinajstić information content (AvgIpc) is 3.03. The molecule has 0 radical (unpaired) electrons. The van der Waals surface area contributed by atoms with E-state index in [-0.39, 0.29) is 18.6 Å². The van der Waals surface area contributed by atoms with Crippen molar-refractivity contribution in [2.24, 2.45) is 0 Å². The van der Waals surface area contributed by atoms with Gasteiger partial charge in [-0.05, 0) is 37.3 Å². The summed E-state index contributed by atoms with van der Waals surface area (Å²) in [6.45, 7) is 1.85.